The summed E-state index contributed by atoms with van der Waals surface area (Å²) < 4.78 is 5.33. The van der Waals surface area contributed by atoms with Gasteiger partial charge >= 0.3 is 6.09 Å². The molecule has 162 valence electrons. The normalized spacial score (nSPS) is 22.4. The topological polar surface area (TPSA) is 65.1 Å². The zero-order valence-electron chi connectivity index (χ0n) is 18.5. The van der Waals surface area contributed by atoms with E-state index in [0.717, 1.165) is 58.4 Å². The maximum absolute atomic E-state index is 12.5. The number of nitrogens with zero attached hydrogens (tertiary/aromatic N) is 3. The molecule has 0 unspecified atom stereocenters. The van der Waals surface area contributed by atoms with Gasteiger partial charge in [0.1, 0.15) is 5.60 Å². The van der Waals surface area contributed by atoms with Gasteiger partial charge in [0.25, 0.3) is 0 Å². The molecule has 0 saturated carbocycles. The highest BCUT2D eigenvalue weighted by Crippen LogP contribution is 2.16. The van der Waals surface area contributed by atoms with Crippen LogP contribution in [-0.4, -0.2) is 91.2 Å². The van der Waals surface area contributed by atoms with E-state index in [0.29, 0.717) is 18.4 Å². The molecule has 2 aliphatic rings. The Bertz CT molecular complexity index is 510. The number of hydrogen-bond donors (Lipinski definition) is 1. The lowest BCUT2D eigenvalue weighted by Gasteiger charge is -2.36. The Morgan fingerprint density at radius 3 is 2.39 bits per heavy atom. The van der Waals surface area contributed by atoms with Crippen molar-refractivity contribution in [2.45, 2.75) is 77.0 Å². The van der Waals surface area contributed by atoms with Crippen molar-refractivity contribution in [3.8, 4) is 0 Å². The zero-order chi connectivity index (χ0) is 20.7. The van der Waals surface area contributed by atoms with Crippen molar-refractivity contribution >= 4 is 12.0 Å². The van der Waals surface area contributed by atoms with Crippen LogP contribution in [0.2, 0.25) is 0 Å². The monoisotopic (exact) mass is 396 g/mol. The fraction of sp³-hybridized carbons (Fsp3) is 0.905. The van der Waals surface area contributed by atoms with Gasteiger partial charge in [-0.25, -0.2) is 4.79 Å². The van der Waals surface area contributed by atoms with Crippen LogP contribution in [0.15, 0.2) is 0 Å². The van der Waals surface area contributed by atoms with E-state index in [4.69, 9.17) is 4.74 Å². The first kappa shape index (κ1) is 22.9. The van der Waals surface area contributed by atoms with E-state index in [1.54, 1.807) is 0 Å². The molecule has 2 amide bonds. The number of piperidine rings is 2. The second-order valence-corrected chi connectivity index (χ2v) is 9.47. The molecule has 2 fully saturated rings. The van der Waals surface area contributed by atoms with Gasteiger partial charge in [0.15, 0.2) is 0 Å². The third-order valence-corrected chi connectivity index (χ3v) is 5.65. The molecule has 28 heavy (non-hydrogen) atoms. The van der Waals surface area contributed by atoms with E-state index in [1.807, 2.05) is 25.7 Å². The van der Waals surface area contributed by atoms with E-state index >= 15 is 0 Å². The molecule has 2 heterocycles. The van der Waals surface area contributed by atoms with E-state index in [-0.39, 0.29) is 12.1 Å². The summed E-state index contributed by atoms with van der Waals surface area (Å²) >= 11 is 0. The molecule has 0 aromatic carbocycles. The Labute approximate surface area is 170 Å². The molecule has 2 saturated heterocycles. The maximum Gasteiger partial charge on any atom is 0.407 e. The van der Waals surface area contributed by atoms with Crippen LogP contribution in [0.5, 0.6) is 0 Å². The number of ether oxygens (including phenoxy) is 1. The average Bonchev–Trinajstić information content (AvgIpc) is 2.61. The highest BCUT2D eigenvalue weighted by molar-refractivity contribution is 5.76. The minimum atomic E-state index is -0.460. The van der Waals surface area contributed by atoms with Crippen LogP contribution in [-0.2, 0) is 9.53 Å². The van der Waals surface area contributed by atoms with Crippen molar-refractivity contribution in [2.75, 3.05) is 46.8 Å². The van der Waals surface area contributed by atoms with Crippen LogP contribution in [0.1, 0.15) is 59.3 Å². The minimum Gasteiger partial charge on any atom is -0.444 e. The third-order valence-electron chi connectivity index (χ3n) is 5.65. The lowest BCUT2D eigenvalue weighted by atomic mass is 10.0. The molecular weight excluding hydrogens is 356 g/mol. The summed E-state index contributed by atoms with van der Waals surface area (Å²) in [5.74, 6) is 0.299. The number of carbonyl (C=O) groups is 2. The second-order valence-electron chi connectivity index (χ2n) is 9.47. The largest absolute Gasteiger partial charge is 0.444 e. The number of amides is 2. The van der Waals surface area contributed by atoms with Crippen LogP contribution in [0.4, 0.5) is 4.79 Å². The molecule has 0 aromatic rings. The van der Waals surface area contributed by atoms with Crippen molar-refractivity contribution in [2.24, 2.45) is 0 Å². The van der Waals surface area contributed by atoms with Crippen molar-refractivity contribution in [3.63, 3.8) is 0 Å². The number of hydrogen-bond acceptors (Lipinski definition) is 5. The van der Waals surface area contributed by atoms with E-state index in [2.05, 4.69) is 29.2 Å². The summed E-state index contributed by atoms with van der Waals surface area (Å²) in [7, 11) is 4.19. The number of likely N-dealkylation sites (N-methyl/N-ethyl adjacent to an activating group) is 1. The average molecular weight is 397 g/mol. The number of nitrogens with one attached hydrogen (secondary N) is 1. The van der Waals surface area contributed by atoms with Gasteiger partial charge in [0, 0.05) is 44.7 Å². The van der Waals surface area contributed by atoms with E-state index in [1.165, 1.54) is 6.42 Å². The Balaban J connectivity index is 1.61. The summed E-state index contributed by atoms with van der Waals surface area (Å²) in [6.45, 7) is 10.3. The Kier molecular flexibility index (Phi) is 8.56. The summed E-state index contributed by atoms with van der Waals surface area (Å²) in [6, 6.07) is 0.679. The molecule has 0 aliphatic carbocycles. The predicted molar refractivity (Wildman–Crippen MR) is 111 cm³/mol. The SMILES string of the molecule is CN(C)[C@H]1CCCN(C(=O)CCCN2CCC(NC(=O)OC(C)(C)C)CC2)C1. The molecule has 1 N–H and O–H groups in total. The first-order chi connectivity index (χ1) is 13.1. The third kappa shape index (κ3) is 7.95. The Morgan fingerprint density at radius 2 is 1.79 bits per heavy atom. The van der Waals surface area contributed by atoms with Crippen molar-refractivity contribution < 1.29 is 14.3 Å². The first-order valence-corrected chi connectivity index (χ1v) is 10.8. The van der Waals surface area contributed by atoms with Gasteiger partial charge in [-0.1, -0.05) is 0 Å². The van der Waals surface area contributed by atoms with Crippen molar-refractivity contribution in [1.82, 2.24) is 20.0 Å². The predicted octanol–water partition coefficient (Wildman–Crippen LogP) is 2.31. The fourth-order valence-corrected chi connectivity index (χ4v) is 3.99. The highest BCUT2D eigenvalue weighted by Gasteiger charge is 2.26. The number of alkyl carbamates (subject to hydrolysis) is 1. The van der Waals surface area contributed by atoms with E-state index in [9.17, 15) is 9.59 Å². The van der Waals surface area contributed by atoms with Crippen molar-refractivity contribution in [1.29, 1.82) is 0 Å². The van der Waals surface area contributed by atoms with Crippen LogP contribution in [0.3, 0.4) is 0 Å². The van der Waals surface area contributed by atoms with Gasteiger partial charge in [-0.15, -0.1) is 0 Å². The first-order valence-electron chi connectivity index (χ1n) is 10.8. The molecule has 7 nitrogen and oxygen atoms in total. The quantitative estimate of drug-likeness (QED) is 0.746. The maximum atomic E-state index is 12.5. The fourth-order valence-electron chi connectivity index (χ4n) is 3.99. The lowest BCUT2D eigenvalue weighted by molar-refractivity contribution is -0.133. The zero-order valence-corrected chi connectivity index (χ0v) is 18.5. The van der Waals surface area contributed by atoms with Crippen LogP contribution >= 0.6 is 0 Å². The van der Waals surface area contributed by atoms with Gasteiger partial charge in [-0.3, -0.25) is 4.79 Å². The molecule has 0 spiro atoms. The molecule has 0 aromatic heterocycles. The highest BCUT2D eigenvalue weighted by atomic mass is 16.6. The molecule has 0 bridgehead atoms. The standard InChI is InChI=1S/C21H40N4O3/c1-21(2,3)28-20(27)22-17-10-14-24(15-11-17)12-7-9-19(26)25-13-6-8-18(16-25)23(4)5/h17-18H,6-16H2,1-5H3,(H,22,27)/t18-/m0/s1. The molecule has 2 rings (SSSR count). The van der Waals surface area contributed by atoms with Gasteiger partial charge < -0.3 is 24.8 Å². The van der Waals surface area contributed by atoms with Gasteiger partial charge in [0.2, 0.25) is 5.91 Å². The molecule has 1 atom stereocenters. The Morgan fingerprint density at radius 1 is 1.11 bits per heavy atom. The minimum absolute atomic E-state index is 0.184. The summed E-state index contributed by atoms with van der Waals surface area (Å²) in [5.41, 5.74) is -0.460. The smallest absolute Gasteiger partial charge is 0.407 e. The summed E-state index contributed by atoms with van der Waals surface area (Å²) in [6.07, 6.45) is 5.38. The molecule has 0 radical (unpaired) electrons. The number of likely N-dealkylation sites (tertiary alicyclic amines) is 2. The summed E-state index contributed by atoms with van der Waals surface area (Å²) in [4.78, 5) is 31.1. The van der Waals surface area contributed by atoms with Crippen LogP contribution < -0.4 is 5.32 Å². The van der Waals surface area contributed by atoms with Crippen molar-refractivity contribution in [3.05, 3.63) is 0 Å². The van der Waals surface area contributed by atoms with Gasteiger partial charge in [-0.2, -0.15) is 0 Å². The number of rotatable bonds is 6. The lowest BCUT2D eigenvalue weighted by Crippen LogP contribution is -2.48. The van der Waals surface area contributed by atoms with Crippen LogP contribution in [0, 0.1) is 0 Å². The van der Waals surface area contributed by atoms with Gasteiger partial charge in [0.05, 0.1) is 0 Å². The second kappa shape index (κ2) is 10.4. The van der Waals surface area contributed by atoms with Gasteiger partial charge in [-0.05, 0) is 73.5 Å². The van der Waals surface area contributed by atoms with E-state index < -0.39 is 5.60 Å². The Hall–Kier alpha value is -1.34. The molecule has 2 aliphatic heterocycles. The number of carbonyl (C=O) groups excluding carboxylic acids is 2. The summed E-state index contributed by atoms with van der Waals surface area (Å²) in [5, 5.41) is 2.97. The molecular formula is C21H40N4O3. The van der Waals surface area contributed by atoms with Crippen LogP contribution in [0.25, 0.3) is 0 Å². The molecule has 7 heteroatoms.